The van der Waals surface area contributed by atoms with Gasteiger partial charge in [0.25, 0.3) is 0 Å². The van der Waals surface area contributed by atoms with E-state index in [1.807, 2.05) is 0 Å². The molecule has 2 rings (SSSR count). The standard InChI is InChI=1S/C10H11BrN2O4/c1-16-8(14)7-6(11)5-13(12-7)10(3-4-10)9(15)17-2/h5H,3-4H2,1-2H3. The Hall–Kier alpha value is -1.37. The summed E-state index contributed by atoms with van der Waals surface area (Å²) in [7, 11) is 2.61. The largest absolute Gasteiger partial charge is 0.467 e. The van der Waals surface area contributed by atoms with E-state index in [2.05, 4.69) is 25.8 Å². The van der Waals surface area contributed by atoms with Gasteiger partial charge in [-0.3, -0.25) is 4.68 Å². The van der Waals surface area contributed by atoms with Crippen molar-refractivity contribution >= 4 is 27.9 Å². The maximum Gasteiger partial charge on any atom is 0.359 e. The molecule has 0 saturated heterocycles. The molecule has 0 atom stereocenters. The van der Waals surface area contributed by atoms with Gasteiger partial charge in [0.1, 0.15) is 0 Å². The molecule has 0 unspecified atom stereocenters. The summed E-state index contributed by atoms with van der Waals surface area (Å²) in [5.74, 6) is -0.889. The molecule has 1 saturated carbocycles. The van der Waals surface area contributed by atoms with Crippen LogP contribution in [-0.2, 0) is 19.8 Å². The number of carbonyl (C=O) groups excluding carboxylic acids is 2. The topological polar surface area (TPSA) is 70.4 Å². The SMILES string of the molecule is COC(=O)c1nn(C2(C(=O)OC)CC2)cc1Br. The molecule has 0 spiro atoms. The van der Waals surface area contributed by atoms with Gasteiger partial charge in [-0.1, -0.05) is 0 Å². The second-order valence-electron chi connectivity index (χ2n) is 3.78. The number of esters is 2. The number of methoxy groups -OCH3 is 2. The third-order valence-electron chi connectivity index (χ3n) is 2.78. The zero-order valence-corrected chi connectivity index (χ0v) is 11.0. The number of rotatable bonds is 3. The normalized spacial score (nSPS) is 16.4. The zero-order valence-electron chi connectivity index (χ0n) is 9.40. The highest BCUT2D eigenvalue weighted by molar-refractivity contribution is 9.10. The van der Waals surface area contributed by atoms with E-state index in [0.29, 0.717) is 17.3 Å². The monoisotopic (exact) mass is 302 g/mol. The summed E-state index contributed by atoms with van der Waals surface area (Å²) in [6, 6.07) is 0. The van der Waals surface area contributed by atoms with E-state index in [1.54, 1.807) is 6.20 Å². The maximum absolute atomic E-state index is 11.6. The van der Waals surface area contributed by atoms with Gasteiger partial charge in [-0.05, 0) is 28.8 Å². The minimum absolute atomic E-state index is 0.155. The highest BCUT2D eigenvalue weighted by atomic mass is 79.9. The first kappa shape index (κ1) is 12.1. The van der Waals surface area contributed by atoms with E-state index in [0.717, 1.165) is 0 Å². The van der Waals surface area contributed by atoms with Crippen LogP contribution in [0.4, 0.5) is 0 Å². The molecule has 6 nitrogen and oxygen atoms in total. The molecule has 0 aromatic carbocycles. The first-order valence-electron chi connectivity index (χ1n) is 4.97. The Bertz CT molecular complexity index is 479. The Morgan fingerprint density at radius 2 is 2.06 bits per heavy atom. The van der Waals surface area contributed by atoms with Gasteiger partial charge in [-0.2, -0.15) is 5.10 Å². The molecule has 17 heavy (non-hydrogen) atoms. The van der Waals surface area contributed by atoms with Crippen molar-refractivity contribution in [1.29, 1.82) is 0 Å². The maximum atomic E-state index is 11.6. The second-order valence-corrected chi connectivity index (χ2v) is 4.64. The average molecular weight is 303 g/mol. The predicted octanol–water partition coefficient (Wildman–Crippen LogP) is 1.09. The van der Waals surface area contributed by atoms with Gasteiger partial charge in [0.05, 0.1) is 18.7 Å². The first-order chi connectivity index (χ1) is 8.05. The Morgan fingerprint density at radius 3 is 2.53 bits per heavy atom. The fourth-order valence-electron chi connectivity index (χ4n) is 1.64. The lowest BCUT2D eigenvalue weighted by molar-refractivity contribution is -0.146. The van der Waals surface area contributed by atoms with Crippen LogP contribution in [0.1, 0.15) is 23.3 Å². The van der Waals surface area contributed by atoms with E-state index in [-0.39, 0.29) is 11.7 Å². The Morgan fingerprint density at radius 1 is 1.41 bits per heavy atom. The van der Waals surface area contributed by atoms with Crippen LogP contribution in [0.15, 0.2) is 10.7 Å². The van der Waals surface area contributed by atoms with Gasteiger partial charge in [0.2, 0.25) is 0 Å². The molecule has 1 aliphatic rings. The Balaban J connectivity index is 2.36. The van der Waals surface area contributed by atoms with Gasteiger partial charge in [0.15, 0.2) is 11.2 Å². The molecule has 7 heteroatoms. The van der Waals surface area contributed by atoms with Crippen molar-refractivity contribution in [3.8, 4) is 0 Å². The third-order valence-corrected chi connectivity index (χ3v) is 3.36. The van der Waals surface area contributed by atoms with Crippen molar-refractivity contribution in [3.63, 3.8) is 0 Å². The van der Waals surface area contributed by atoms with Crippen molar-refractivity contribution in [1.82, 2.24) is 9.78 Å². The number of nitrogens with zero attached hydrogens (tertiary/aromatic N) is 2. The average Bonchev–Trinajstić information content (AvgIpc) is 3.06. The predicted molar refractivity (Wildman–Crippen MR) is 60.5 cm³/mol. The fraction of sp³-hybridized carbons (Fsp3) is 0.500. The molecular formula is C10H11BrN2O4. The summed E-state index contributed by atoms with van der Waals surface area (Å²) in [4.78, 5) is 23.0. The molecule has 92 valence electrons. The van der Waals surface area contributed by atoms with Crippen LogP contribution in [0, 0.1) is 0 Å². The quantitative estimate of drug-likeness (QED) is 0.782. The molecule has 0 aliphatic heterocycles. The highest BCUT2D eigenvalue weighted by Crippen LogP contribution is 2.44. The molecule has 1 aromatic rings. The van der Waals surface area contributed by atoms with Gasteiger partial charge in [0, 0.05) is 6.20 Å². The van der Waals surface area contributed by atoms with Crippen LogP contribution in [-0.4, -0.2) is 35.9 Å². The van der Waals surface area contributed by atoms with Crippen LogP contribution in [0.5, 0.6) is 0 Å². The number of hydrogen-bond acceptors (Lipinski definition) is 5. The van der Waals surface area contributed by atoms with Gasteiger partial charge in [-0.25, -0.2) is 9.59 Å². The molecule has 0 N–H and O–H groups in total. The molecule has 0 amide bonds. The van der Waals surface area contributed by atoms with Crippen LogP contribution >= 0.6 is 15.9 Å². The molecule has 1 fully saturated rings. The fourth-order valence-corrected chi connectivity index (χ4v) is 2.08. The number of carbonyl (C=O) groups is 2. The molecular weight excluding hydrogens is 292 g/mol. The minimum atomic E-state index is -0.746. The number of halogens is 1. The molecule has 1 aliphatic carbocycles. The number of aromatic nitrogens is 2. The molecule has 0 radical (unpaired) electrons. The lowest BCUT2D eigenvalue weighted by Crippen LogP contribution is -2.29. The van der Waals surface area contributed by atoms with Crippen LogP contribution < -0.4 is 0 Å². The second kappa shape index (κ2) is 4.14. The molecule has 1 heterocycles. The van der Waals surface area contributed by atoms with Gasteiger partial charge >= 0.3 is 11.9 Å². The summed E-state index contributed by atoms with van der Waals surface area (Å²) in [5, 5.41) is 4.08. The van der Waals surface area contributed by atoms with E-state index in [4.69, 9.17) is 4.74 Å². The molecule has 1 aromatic heterocycles. The lowest BCUT2D eigenvalue weighted by atomic mass is 10.3. The summed E-state index contributed by atoms with van der Waals surface area (Å²) < 4.78 is 11.3. The van der Waals surface area contributed by atoms with E-state index >= 15 is 0 Å². The summed E-state index contributed by atoms with van der Waals surface area (Å²) in [5.41, 5.74) is -0.591. The van der Waals surface area contributed by atoms with Crippen molar-refractivity contribution in [2.75, 3.05) is 14.2 Å². The minimum Gasteiger partial charge on any atom is -0.467 e. The van der Waals surface area contributed by atoms with Gasteiger partial charge < -0.3 is 9.47 Å². The molecule has 0 bridgehead atoms. The third kappa shape index (κ3) is 1.84. The highest BCUT2D eigenvalue weighted by Gasteiger charge is 2.54. The smallest absolute Gasteiger partial charge is 0.359 e. The van der Waals surface area contributed by atoms with Crippen molar-refractivity contribution in [2.24, 2.45) is 0 Å². The van der Waals surface area contributed by atoms with E-state index in [9.17, 15) is 9.59 Å². The summed E-state index contributed by atoms with van der Waals surface area (Å²) >= 11 is 3.21. The number of ether oxygens (including phenoxy) is 2. The van der Waals surface area contributed by atoms with Gasteiger partial charge in [-0.15, -0.1) is 0 Å². The van der Waals surface area contributed by atoms with Crippen molar-refractivity contribution < 1.29 is 19.1 Å². The zero-order chi connectivity index (χ0) is 12.6. The first-order valence-corrected chi connectivity index (χ1v) is 5.77. The van der Waals surface area contributed by atoms with Crippen molar-refractivity contribution in [2.45, 2.75) is 18.4 Å². The van der Waals surface area contributed by atoms with E-state index < -0.39 is 11.5 Å². The van der Waals surface area contributed by atoms with Crippen molar-refractivity contribution in [3.05, 3.63) is 16.4 Å². The lowest BCUT2D eigenvalue weighted by Gasteiger charge is -2.12. The van der Waals surface area contributed by atoms with Crippen LogP contribution in [0.2, 0.25) is 0 Å². The van der Waals surface area contributed by atoms with Crippen LogP contribution in [0.25, 0.3) is 0 Å². The van der Waals surface area contributed by atoms with E-state index in [1.165, 1.54) is 18.9 Å². The summed E-state index contributed by atoms with van der Waals surface area (Å²) in [6.45, 7) is 0. The van der Waals surface area contributed by atoms with Crippen LogP contribution in [0.3, 0.4) is 0 Å². The summed E-state index contributed by atoms with van der Waals surface area (Å²) in [6.07, 6.45) is 2.92. The number of hydrogen-bond donors (Lipinski definition) is 0. The Labute approximate surface area is 106 Å². The Kier molecular flexibility index (Phi) is 2.94.